The van der Waals surface area contributed by atoms with Crippen molar-refractivity contribution in [2.24, 2.45) is 52.3 Å². The number of fused-ring (bicyclic) bond motifs is 5. The molecule has 9 atom stereocenters. The molecule has 0 aromatic rings. The third-order valence-electron chi connectivity index (χ3n) is 11.9. The van der Waals surface area contributed by atoms with Crippen LogP contribution in [0.5, 0.6) is 0 Å². The summed E-state index contributed by atoms with van der Waals surface area (Å²) >= 11 is -0.927. The van der Waals surface area contributed by atoms with Gasteiger partial charge in [-0.2, -0.15) is 0 Å². The Morgan fingerprint density at radius 1 is 0.800 bits per heavy atom. The monoisotopic (exact) mass is 476 g/mol. The van der Waals surface area contributed by atoms with Crippen molar-refractivity contribution in [3.05, 3.63) is 0 Å². The molecule has 0 saturated heterocycles. The van der Waals surface area contributed by atoms with Crippen LogP contribution in [0.2, 0.25) is 16.3 Å². The standard InChI is InChI=1S/C29H54Ge/c1-20(2)9-8-10-21(3)25-13-14-26-24-12-11-22-19-23(30(6)7)15-17-28(22,4)27(24)16-18-29(25,26)5/h20-27,30H,8-19H2,1-7H3/t21-,22+,23-,24+,25-,26+,27+,28+,29-/m1/s1. The van der Waals surface area contributed by atoms with Gasteiger partial charge in [0.1, 0.15) is 0 Å². The molecule has 0 spiro atoms. The fourth-order valence-electron chi connectivity index (χ4n) is 9.92. The van der Waals surface area contributed by atoms with E-state index < -0.39 is 14.3 Å². The van der Waals surface area contributed by atoms with Gasteiger partial charge in [0.15, 0.2) is 0 Å². The van der Waals surface area contributed by atoms with E-state index in [1.807, 2.05) is 0 Å². The van der Waals surface area contributed by atoms with Gasteiger partial charge in [-0.3, -0.25) is 0 Å². The number of hydrogen-bond acceptors (Lipinski definition) is 0. The average Bonchev–Trinajstić information content (AvgIpc) is 3.04. The Balaban J connectivity index is 1.45. The third kappa shape index (κ3) is 4.11. The topological polar surface area (TPSA) is 0 Å². The van der Waals surface area contributed by atoms with Crippen LogP contribution in [-0.4, -0.2) is 14.3 Å². The summed E-state index contributed by atoms with van der Waals surface area (Å²) in [6.45, 7) is 13.0. The van der Waals surface area contributed by atoms with E-state index in [1.165, 1.54) is 24.0 Å². The van der Waals surface area contributed by atoms with E-state index in [1.54, 1.807) is 57.8 Å². The van der Waals surface area contributed by atoms with Crippen molar-refractivity contribution in [3.8, 4) is 0 Å². The summed E-state index contributed by atoms with van der Waals surface area (Å²) in [6, 6.07) is 0. The van der Waals surface area contributed by atoms with Gasteiger partial charge in [0.05, 0.1) is 0 Å². The molecule has 0 amide bonds. The fourth-order valence-corrected chi connectivity index (χ4v) is 13.5. The summed E-state index contributed by atoms with van der Waals surface area (Å²) in [6.07, 6.45) is 18.7. The predicted octanol–water partition coefficient (Wildman–Crippen LogP) is 8.96. The van der Waals surface area contributed by atoms with Gasteiger partial charge in [0, 0.05) is 0 Å². The molecule has 0 radical (unpaired) electrons. The Bertz CT molecular complexity index is 581. The van der Waals surface area contributed by atoms with Crippen molar-refractivity contribution >= 4 is 14.3 Å². The SMILES string of the molecule is CC(C)CCC[C@@H](C)[C@H]1CC[C@H]2[C@@H]3CC[C@H]4C[C@H]([GeH]([CH3])[CH3])CC[C@]4(C)[C@H]3CC[C@]12C. The summed E-state index contributed by atoms with van der Waals surface area (Å²) in [5.74, 6) is 12.5. The molecule has 0 aromatic carbocycles. The first-order chi connectivity index (χ1) is 14.2. The van der Waals surface area contributed by atoms with Crippen LogP contribution in [0.15, 0.2) is 0 Å². The van der Waals surface area contributed by atoms with Crippen LogP contribution in [-0.2, 0) is 0 Å². The molecular weight excluding hydrogens is 421 g/mol. The molecule has 4 aliphatic rings. The van der Waals surface area contributed by atoms with E-state index in [2.05, 4.69) is 46.1 Å². The summed E-state index contributed by atoms with van der Waals surface area (Å²) < 4.78 is 1.20. The van der Waals surface area contributed by atoms with Crippen molar-refractivity contribution in [3.63, 3.8) is 0 Å². The van der Waals surface area contributed by atoms with E-state index >= 15 is 0 Å². The van der Waals surface area contributed by atoms with Crippen molar-refractivity contribution in [1.82, 2.24) is 0 Å². The maximum atomic E-state index is 2.78. The van der Waals surface area contributed by atoms with Crippen molar-refractivity contribution in [2.45, 2.75) is 128 Å². The molecule has 0 heterocycles. The van der Waals surface area contributed by atoms with Crippen LogP contribution in [0.4, 0.5) is 0 Å². The van der Waals surface area contributed by atoms with Crippen molar-refractivity contribution in [2.75, 3.05) is 0 Å². The maximum absolute atomic E-state index is 2.78. The summed E-state index contributed by atoms with van der Waals surface area (Å²) in [5, 5.41) is 0. The molecule has 0 bridgehead atoms. The first-order valence-electron chi connectivity index (χ1n) is 14.2. The van der Waals surface area contributed by atoms with E-state index in [-0.39, 0.29) is 0 Å². The second-order valence-corrected chi connectivity index (χ2v) is 21.2. The van der Waals surface area contributed by atoms with Gasteiger partial charge in [0.2, 0.25) is 0 Å². The van der Waals surface area contributed by atoms with Gasteiger partial charge in [-0.1, -0.05) is 20.3 Å². The first kappa shape index (κ1) is 23.7. The van der Waals surface area contributed by atoms with Gasteiger partial charge in [-0.15, -0.1) is 0 Å². The number of hydrogen-bond donors (Lipinski definition) is 0. The summed E-state index contributed by atoms with van der Waals surface area (Å²) in [7, 11) is 0. The quantitative estimate of drug-likeness (QED) is 0.337. The van der Waals surface area contributed by atoms with Gasteiger partial charge in [-0.05, 0) is 5.92 Å². The van der Waals surface area contributed by atoms with Crippen LogP contribution in [0.3, 0.4) is 0 Å². The molecule has 4 fully saturated rings. The zero-order valence-corrected chi connectivity index (χ0v) is 24.1. The Kier molecular flexibility index (Phi) is 7.15. The average molecular weight is 475 g/mol. The van der Waals surface area contributed by atoms with Crippen LogP contribution in [0, 0.1) is 52.3 Å². The van der Waals surface area contributed by atoms with Gasteiger partial charge in [0.25, 0.3) is 0 Å². The minimum absolute atomic E-state index is 0.673. The molecule has 0 aromatic heterocycles. The van der Waals surface area contributed by atoms with Crippen LogP contribution in [0.1, 0.15) is 112 Å². The summed E-state index contributed by atoms with van der Waals surface area (Å²) in [4.78, 5) is 0. The zero-order valence-electron chi connectivity index (χ0n) is 21.7. The minimum atomic E-state index is -0.927. The van der Waals surface area contributed by atoms with Crippen LogP contribution >= 0.6 is 0 Å². The normalized spacial score (nSPS) is 47.1. The molecule has 1 heteroatoms. The van der Waals surface area contributed by atoms with E-state index in [9.17, 15) is 0 Å². The zero-order chi connectivity index (χ0) is 21.7. The Labute approximate surface area is 194 Å². The van der Waals surface area contributed by atoms with Crippen LogP contribution in [0.25, 0.3) is 0 Å². The Morgan fingerprint density at radius 3 is 2.20 bits per heavy atom. The first-order valence-corrected chi connectivity index (χ1v) is 20.4. The Hall–Kier alpha value is 0.543. The summed E-state index contributed by atoms with van der Waals surface area (Å²) in [5.41, 5.74) is 1.38. The predicted molar refractivity (Wildman–Crippen MR) is 136 cm³/mol. The van der Waals surface area contributed by atoms with Gasteiger partial charge in [-0.25, -0.2) is 0 Å². The molecule has 174 valence electrons. The van der Waals surface area contributed by atoms with Gasteiger partial charge < -0.3 is 0 Å². The van der Waals surface area contributed by atoms with E-state index in [0.717, 1.165) is 41.4 Å². The Morgan fingerprint density at radius 2 is 1.50 bits per heavy atom. The third-order valence-corrected chi connectivity index (χ3v) is 17.1. The molecule has 0 aliphatic heterocycles. The molecule has 30 heavy (non-hydrogen) atoms. The second kappa shape index (κ2) is 9.06. The molecular formula is C29H54Ge. The molecule has 4 saturated carbocycles. The fraction of sp³-hybridized carbons (Fsp3) is 1.00. The second-order valence-electron chi connectivity index (χ2n) is 14.0. The van der Waals surface area contributed by atoms with E-state index in [0.29, 0.717) is 10.8 Å². The molecule has 0 N–H and O–H groups in total. The molecule has 4 aliphatic carbocycles. The van der Waals surface area contributed by atoms with Gasteiger partial charge >= 0.3 is 168 Å². The molecule has 0 nitrogen and oxygen atoms in total. The van der Waals surface area contributed by atoms with Crippen molar-refractivity contribution < 1.29 is 0 Å². The van der Waals surface area contributed by atoms with E-state index in [4.69, 9.17) is 0 Å². The molecule has 4 rings (SSSR count). The number of rotatable bonds is 6. The van der Waals surface area contributed by atoms with Crippen LogP contribution < -0.4 is 0 Å². The molecule has 0 unspecified atom stereocenters. The van der Waals surface area contributed by atoms with Crippen molar-refractivity contribution in [1.29, 1.82) is 0 Å².